The lowest BCUT2D eigenvalue weighted by Crippen LogP contribution is -2.24. The molecule has 0 radical (unpaired) electrons. The van der Waals surface area contributed by atoms with Crippen molar-refractivity contribution in [1.82, 2.24) is 4.90 Å². The summed E-state index contributed by atoms with van der Waals surface area (Å²) in [4.78, 5) is 2.20. The molecule has 16 heavy (non-hydrogen) atoms. The predicted octanol–water partition coefficient (Wildman–Crippen LogP) is 2.03. The van der Waals surface area contributed by atoms with Gasteiger partial charge in [-0.15, -0.1) is 0 Å². The van der Waals surface area contributed by atoms with Crippen LogP contribution in [0.1, 0.15) is 18.9 Å². The van der Waals surface area contributed by atoms with Crippen LogP contribution in [0.4, 0.5) is 4.39 Å². The molecule has 0 amide bonds. The van der Waals surface area contributed by atoms with Crippen LogP contribution in [0.2, 0.25) is 0 Å². The molecule has 1 aliphatic rings. The van der Waals surface area contributed by atoms with E-state index in [1.54, 1.807) is 6.07 Å². The standard InChI is InChI=1S/C13H18FNO/c1-10(16)11-6-7-15(8-11)9-12-4-2-3-5-13(12)14/h2-5,10-11,16H,6-9H2,1H3. The Kier molecular flexibility index (Phi) is 3.56. The van der Waals surface area contributed by atoms with Gasteiger partial charge in [-0.2, -0.15) is 0 Å². The fraction of sp³-hybridized carbons (Fsp3) is 0.538. The average Bonchev–Trinajstić information content (AvgIpc) is 2.70. The van der Waals surface area contributed by atoms with Gasteiger partial charge in [0.2, 0.25) is 0 Å². The van der Waals surface area contributed by atoms with E-state index in [0.717, 1.165) is 25.1 Å². The van der Waals surface area contributed by atoms with E-state index in [-0.39, 0.29) is 11.9 Å². The van der Waals surface area contributed by atoms with Crippen molar-refractivity contribution in [3.63, 3.8) is 0 Å². The minimum absolute atomic E-state index is 0.136. The molecule has 1 saturated heterocycles. The van der Waals surface area contributed by atoms with Crippen LogP contribution in [0.3, 0.4) is 0 Å². The number of aliphatic hydroxyl groups excluding tert-OH is 1. The molecule has 0 saturated carbocycles. The predicted molar refractivity (Wildman–Crippen MR) is 61.5 cm³/mol. The Morgan fingerprint density at radius 2 is 2.25 bits per heavy atom. The summed E-state index contributed by atoms with van der Waals surface area (Å²) in [5.74, 6) is 0.203. The molecule has 1 fully saturated rings. The van der Waals surface area contributed by atoms with Crippen LogP contribution in [0.5, 0.6) is 0 Å². The fourth-order valence-corrected chi connectivity index (χ4v) is 2.27. The van der Waals surface area contributed by atoms with Crippen molar-refractivity contribution >= 4 is 0 Å². The fourth-order valence-electron chi connectivity index (χ4n) is 2.27. The zero-order valence-electron chi connectivity index (χ0n) is 9.56. The average molecular weight is 223 g/mol. The number of hydrogen-bond acceptors (Lipinski definition) is 2. The molecular weight excluding hydrogens is 205 g/mol. The first-order chi connectivity index (χ1) is 7.66. The van der Waals surface area contributed by atoms with Crippen LogP contribution < -0.4 is 0 Å². The second kappa shape index (κ2) is 4.93. The van der Waals surface area contributed by atoms with Gasteiger partial charge in [-0.3, -0.25) is 4.90 Å². The third kappa shape index (κ3) is 2.60. The summed E-state index contributed by atoms with van der Waals surface area (Å²) in [7, 11) is 0. The Morgan fingerprint density at radius 3 is 2.88 bits per heavy atom. The van der Waals surface area contributed by atoms with Crippen LogP contribution in [-0.4, -0.2) is 29.2 Å². The van der Waals surface area contributed by atoms with E-state index in [9.17, 15) is 9.50 Å². The van der Waals surface area contributed by atoms with Crippen LogP contribution >= 0.6 is 0 Å². The maximum Gasteiger partial charge on any atom is 0.127 e. The molecule has 1 aromatic carbocycles. The molecule has 1 aliphatic heterocycles. The number of halogens is 1. The van der Waals surface area contributed by atoms with E-state index in [1.165, 1.54) is 6.07 Å². The van der Waals surface area contributed by atoms with E-state index in [4.69, 9.17) is 0 Å². The molecule has 1 N–H and O–H groups in total. The quantitative estimate of drug-likeness (QED) is 0.847. The van der Waals surface area contributed by atoms with Crippen molar-refractivity contribution in [3.8, 4) is 0 Å². The molecule has 0 spiro atoms. The monoisotopic (exact) mass is 223 g/mol. The molecule has 0 aliphatic carbocycles. The highest BCUT2D eigenvalue weighted by molar-refractivity contribution is 5.17. The Labute approximate surface area is 95.7 Å². The normalized spacial score (nSPS) is 23.6. The van der Waals surface area contributed by atoms with Gasteiger partial charge in [0.25, 0.3) is 0 Å². The number of rotatable bonds is 3. The van der Waals surface area contributed by atoms with Crippen LogP contribution in [0.15, 0.2) is 24.3 Å². The van der Waals surface area contributed by atoms with Crippen LogP contribution in [-0.2, 0) is 6.54 Å². The molecular formula is C13H18FNO. The Morgan fingerprint density at radius 1 is 1.50 bits per heavy atom. The van der Waals surface area contributed by atoms with Crippen molar-refractivity contribution in [2.75, 3.05) is 13.1 Å². The third-order valence-corrected chi connectivity index (χ3v) is 3.34. The van der Waals surface area contributed by atoms with Gasteiger partial charge in [0, 0.05) is 18.7 Å². The summed E-state index contributed by atoms with van der Waals surface area (Å²) in [6, 6.07) is 6.89. The molecule has 0 aromatic heterocycles. The highest BCUT2D eigenvalue weighted by Gasteiger charge is 2.26. The van der Waals surface area contributed by atoms with E-state index < -0.39 is 0 Å². The van der Waals surface area contributed by atoms with Crippen LogP contribution in [0, 0.1) is 11.7 Å². The molecule has 2 unspecified atom stereocenters. The van der Waals surface area contributed by atoms with Gasteiger partial charge in [-0.25, -0.2) is 4.39 Å². The summed E-state index contributed by atoms with van der Waals surface area (Å²) in [5.41, 5.74) is 0.744. The Bertz CT molecular complexity index is 354. The number of hydrogen-bond donors (Lipinski definition) is 1. The molecule has 2 nitrogen and oxygen atoms in total. The van der Waals surface area contributed by atoms with E-state index in [2.05, 4.69) is 4.90 Å². The highest BCUT2D eigenvalue weighted by Crippen LogP contribution is 2.22. The van der Waals surface area contributed by atoms with Gasteiger partial charge in [0.1, 0.15) is 5.82 Å². The van der Waals surface area contributed by atoms with Gasteiger partial charge in [-0.1, -0.05) is 18.2 Å². The molecule has 3 heteroatoms. The second-order valence-corrected chi connectivity index (χ2v) is 4.62. The topological polar surface area (TPSA) is 23.5 Å². The Hall–Kier alpha value is -0.930. The highest BCUT2D eigenvalue weighted by atomic mass is 19.1. The molecule has 1 heterocycles. The lowest BCUT2D eigenvalue weighted by Gasteiger charge is -2.17. The van der Waals surface area contributed by atoms with Crippen molar-refractivity contribution in [3.05, 3.63) is 35.6 Å². The first-order valence-electron chi connectivity index (χ1n) is 5.80. The third-order valence-electron chi connectivity index (χ3n) is 3.34. The van der Waals surface area contributed by atoms with Crippen LogP contribution in [0.25, 0.3) is 0 Å². The largest absolute Gasteiger partial charge is 0.393 e. The molecule has 0 bridgehead atoms. The number of benzene rings is 1. The zero-order valence-corrected chi connectivity index (χ0v) is 9.56. The van der Waals surface area contributed by atoms with E-state index in [0.29, 0.717) is 12.5 Å². The number of likely N-dealkylation sites (tertiary alicyclic amines) is 1. The van der Waals surface area contributed by atoms with E-state index in [1.807, 2.05) is 19.1 Å². The summed E-state index contributed by atoms with van der Waals surface area (Å²) < 4.78 is 13.4. The lowest BCUT2D eigenvalue weighted by atomic mass is 10.0. The van der Waals surface area contributed by atoms with Crippen molar-refractivity contribution in [2.24, 2.45) is 5.92 Å². The molecule has 2 atom stereocenters. The van der Waals surface area contributed by atoms with Gasteiger partial charge in [0.15, 0.2) is 0 Å². The Balaban J connectivity index is 1.95. The molecule has 88 valence electrons. The van der Waals surface area contributed by atoms with Gasteiger partial charge in [0.05, 0.1) is 6.10 Å². The number of aliphatic hydroxyl groups is 1. The molecule has 1 aromatic rings. The minimum atomic E-state index is -0.259. The lowest BCUT2D eigenvalue weighted by molar-refractivity contribution is 0.127. The molecule has 2 rings (SSSR count). The first-order valence-corrected chi connectivity index (χ1v) is 5.80. The maximum absolute atomic E-state index is 13.4. The van der Waals surface area contributed by atoms with Gasteiger partial charge >= 0.3 is 0 Å². The van der Waals surface area contributed by atoms with Gasteiger partial charge in [-0.05, 0) is 31.9 Å². The van der Waals surface area contributed by atoms with Crippen molar-refractivity contribution in [2.45, 2.75) is 26.0 Å². The summed E-state index contributed by atoms with van der Waals surface area (Å²) in [6.07, 6.45) is 0.747. The summed E-state index contributed by atoms with van der Waals surface area (Å²) >= 11 is 0. The first kappa shape index (κ1) is 11.6. The zero-order chi connectivity index (χ0) is 11.5. The minimum Gasteiger partial charge on any atom is -0.393 e. The smallest absolute Gasteiger partial charge is 0.127 e. The van der Waals surface area contributed by atoms with Crippen molar-refractivity contribution < 1.29 is 9.50 Å². The SMILES string of the molecule is CC(O)C1CCN(Cc2ccccc2F)C1. The van der Waals surface area contributed by atoms with E-state index >= 15 is 0 Å². The summed E-state index contributed by atoms with van der Waals surface area (Å²) in [5, 5.41) is 9.49. The summed E-state index contributed by atoms with van der Waals surface area (Å²) in [6.45, 7) is 4.29. The number of nitrogens with zero attached hydrogens (tertiary/aromatic N) is 1. The van der Waals surface area contributed by atoms with Crippen molar-refractivity contribution in [1.29, 1.82) is 0 Å². The van der Waals surface area contributed by atoms with Gasteiger partial charge < -0.3 is 5.11 Å². The second-order valence-electron chi connectivity index (χ2n) is 4.62. The maximum atomic E-state index is 13.4.